The second-order valence-corrected chi connectivity index (χ2v) is 4.12. The molecule has 0 bridgehead atoms. The first-order valence-electron chi connectivity index (χ1n) is 4.65. The number of rotatable bonds is 3. The standard InChI is InChI=1S/C11H13NO2S/c1-9(14)12-8-11-6-5-10(15-11)4-2-3-7-13/h5-6,13H,3,7-8H2,1H3,(H,12,14). The van der Waals surface area contributed by atoms with E-state index in [0.717, 1.165) is 9.75 Å². The Hall–Kier alpha value is -1.31. The van der Waals surface area contributed by atoms with Crippen LogP contribution in [0.5, 0.6) is 0 Å². The van der Waals surface area contributed by atoms with Crippen LogP contribution in [-0.2, 0) is 11.3 Å². The highest BCUT2D eigenvalue weighted by molar-refractivity contribution is 7.12. The van der Waals surface area contributed by atoms with Crippen LogP contribution in [-0.4, -0.2) is 17.6 Å². The van der Waals surface area contributed by atoms with Crippen LogP contribution < -0.4 is 5.32 Å². The van der Waals surface area contributed by atoms with E-state index < -0.39 is 0 Å². The first-order chi connectivity index (χ1) is 7.22. The number of nitrogens with one attached hydrogen (secondary N) is 1. The summed E-state index contributed by atoms with van der Waals surface area (Å²) in [4.78, 5) is 12.7. The van der Waals surface area contributed by atoms with Gasteiger partial charge >= 0.3 is 0 Å². The molecule has 1 heterocycles. The average molecular weight is 223 g/mol. The van der Waals surface area contributed by atoms with E-state index in [-0.39, 0.29) is 12.5 Å². The lowest BCUT2D eigenvalue weighted by Crippen LogP contribution is -2.17. The summed E-state index contributed by atoms with van der Waals surface area (Å²) in [5, 5.41) is 11.3. The zero-order valence-electron chi connectivity index (χ0n) is 8.54. The van der Waals surface area contributed by atoms with Crippen molar-refractivity contribution in [2.45, 2.75) is 19.9 Å². The molecule has 0 aromatic carbocycles. The van der Waals surface area contributed by atoms with Gasteiger partial charge < -0.3 is 10.4 Å². The van der Waals surface area contributed by atoms with Crippen molar-refractivity contribution in [1.29, 1.82) is 0 Å². The second-order valence-electron chi connectivity index (χ2n) is 2.95. The second kappa shape index (κ2) is 6.23. The molecule has 0 spiro atoms. The predicted molar refractivity (Wildman–Crippen MR) is 60.4 cm³/mol. The van der Waals surface area contributed by atoms with E-state index in [1.54, 1.807) is 11.3 Å². The summed E-state index contributed by atoms with van der Waals surface area (Å²) in [6.45, 7) is 2.15. The van der Waals surface area contributed by atoms with Crippen molar-refractivity contribution in [2.75, 3.05) is 6.61 Å². The minimum Gasteiger partial charge on any atom is -0.395 e. The quantitative estimate of drug-likeness (QED) is 0.754. The van der Waals surface area contributed by atoms with E-state index >= 15 is 0 Å². The Morgan fingerprint density at radius 1 is 1.60 bits per heavy atom. The Bertz CT molecular complexity index is 387. The highest BCUT2D eigenvalue weighted by Gasteiger charge is 1.98. The molecule has 1 aromatic rings. The van der Waals surface area contributed by atoms with Crippen molar-refractivity contribution in [3.63, 3.8) is 0 Å². The Balaban J connectivity index is 2.50. The molecule has 0 fully saturated rings. The van der Waals surface area contributed by atoms with Crippen molar-refractivity contribution in [2.24, 2.45) is 0 Å². The number of aliphatic hydroxyl groups excluding tert-OH is 1. The van der Waals surface area contributed by atoms with Crippen LogP contribution in [0.2, 0.25) is 0 Å². The van der Waals surface area contributed by atoms with Gasteiger partial charge in [-0.25, -0.2) is 0 Å². The highest BCUT2D eigenvalue weighted by atomic mass is 32.1. The van der Waals surface area contributed by atoms with Gasteiger partial charge in [0.2, 0.25) is 5.91 Å². The summed E-state index contributed by atoms with van der Waals surface area (Å²) >= 11 is 1.56. The number of hydrogen-bond acceptors (Lipinski definition) is 3. The summed E-state index contributed by atoms with van der Waals surface area (Å²) in [6, 6.07) is 3.87. The topological polar surface area (TPSA) is 49.3 Å². The van der Waals surface area contributed by atoms with E-state index in [2.05, 4.69) is 17.2 Å². The number of amides is 1. The van der Waals surface area contributed by atoms with Gasteiger partial charge in [-0.3, -0.25) is 4.79 Å². The summed E-state index contributed by atoms with van der Waals surface area (Å²) in [6.07, 6.45) is 0.499. The zero-order valence-corrected chi connectivity index (χ0v) is 9.36. The monoisotopic (exact) mass is 223 g/mol. The van der Waals surface area contributed by atoms with Gasteiger partial charge in [-0.15, -0.1) is 11.3 Å². The number of hydrogen-bond donors (Lipinski definition) is 2. The van der Waals surface area contributed by atoms with Gasteiger partial charge in [-0.05, 0) is 12.1 Å². The van der Waals surface area contributed by atoms with Crippen LogP contribution in [0.15, 0.2) is 12.1 Å². The Kier molecular flexibility index (Phi) is 4.88. The average Bonchev–Trinajstić information content (AvgIpc) is 2.63. The molecule has 1 rings (SSSR count). The molecule has 3 nitrogen and oxygen atoms in total. The number of aliphatic hydroxyl groups is 1. The molecule has 0 aliphatic rings. The van der Waals surface area contributed by atoms with E-state index in [1.807, 2.05) is 12.1 Å². The van der Waals surface area contributed by atoms with Crippen LogP contribution in [0.4, 0.5) is 0 Å². The molecule has 0 saturated heterocycles. The van der Waals surface area contributed by atoms with Crippen LogP contribution in [0.25, 0.3) is 0 Å². The lowest BCUT2D eigenvalue weighted by molar-refractivity contribution is -0.119. The Morgan fingerprint density at radius 2 is 2.40 bits per heavy atom. The SMILES string of the molecule is CC(=O)NCc1ccc(C#CCCO)s1. The maximum absolute atomic E-state index is 10.7. The van der Waals surface area contributed by atoms with Gasteiger partial charge in [0.05, 0.1) is 18.0 Å². The molecular formula is C11H13NO2S. The van der Waals surface area contributed by atoms with Crippen molar-refractivity contribution >= 4 is 17.2 Å². The van der Waals surface area contributed by atoms with Crippen molar-refractivity contribution in [3.8, 4) is 11.8 Å². The van der Waals surface area contributed by atoms with Crippen LogP contribution in [0.1, 0.15) is 23.1 Å². The number of carbonyl (C=O) groups is 1. The van der Waals surface area contributed by atoms with Crippen LogP contribution >= 0.6 is 11.3 Å². The molecule has 0 atom stereocenters. The van der Waals surface area contributed by atoms with Crippen LogP contribution in [0, 0.1) is 11.8 Å². The van der Waals surface area contributed by atoms with Gasteiger partial charge in [-0.1, -0.05) is 11.8 Å². The lowest BCUT2D eigenvalue weighted by atomic mass is 10.4. The summed E-state index contributed by atoms with van der Waals surface area (Å²) in [7, 11) is 0. The molecule has 1 aromatic heterocycles. The molecule has 0 aliphatic carbocycles. The van der Waals surface area contributed by atoms with Gasteiger partial charge in [0, 0.05) is 18.2 Å². The predicted octanol–water partition coefficient (Wildman–Crippen LogP) is 1.12. The van der Waals surface area contributed by atoms with E-state index in [1.165, 1.54) is 6.92 Å². The van der Waals surface area contributed by atoms with Crippen LogP contribution in [0.3, 0.4) is 0 Å². The molecule has 4 heteroatoms. The largest absolute Gasteiger partial charge is 0.395 e. The van der Waals surface area contributed by atoms with E-state index in [0.29, 0.717) is 13.0 Å². The molecule has 0 radical (unpaired) electrons. The van der Waals surface area contributed by atoms with E-state index in [9.17, 15) is 4.79 Å². The van der Waals surface area contributed by atoms with Crippen molar-refractivity contribution in [1.82, 2.24) is 5.32 Å². The van der Waals surface area contributed by atoms with Gasteiger partial charge in [0.15, 0.2) is 0 Å². The minimum atomic E-state index is -0.0312. The first-order valence-corrected chi connectivity index (χ1v) is 5.47. The molecule has 2 N–H and O–H groups in total. The summed E-state index contributed by atoms with van der Waals surface area (Å²) < 4.78 is 0. The molecule has 0 unspecified atom stereocenters. The van der Waals surface area contributed by atoms with E-state index in [4.69, 9.17) is 5.11 Å². The van der Waals surface area contributed by atoms with Crippen molar-refractivity contribution in [3.05, 3.63) is 21.9 Å². The molecule has 0 saturated carbocycles. The third-order valence-corrected chi connectivity index (χ3v) is 2.62. The third kappa shape index (κ3) is 4.63. The number of thiophene rings is 1. The van der Waals surface area contributed by atoms with Gasteiger partial charge in [0.1, 0.15) is 0 Å². The maximum atomic E-state index is 10.7. The molecule has 80 valence electrons. The van der Waals surface area contributed by atoms with Gasteiger partial charge in [0.25, 0.3) is 0 Å². The molecule has 0 aliphatic heterocycles. The third-order valence-electron chi connectivity index (χ3n) is 1.62. The van der Waals surface area contributed by atoms with Gasteiger partial charge in [-0.2, -0.15) is 0 Å². The fourth-order valence-electron chi connectivity index (χ4n) is 0.957. The minimum absolute atomic E-state index is 0.0312. The fraction of sp³-hybridized carbons (Fsp3) is 0.364. The molecule has 15 heavy (non-hydrogen) atoms. The van der Waals surface area contributed by atoms with Crippen molar-refractivity contribution < 1.29 is 9.90 Å². The first kappa shape index (κ1) is 11.8. The Morgan fingerprint density at radius 3 is 3.07 bits per heavy atom. The normalized spacial score (nSPS) is 9.20. The highest BCUT2D eigenvalue weighted by Crippen LogP contribution is 2.14. The fourth-order valence-corrected chi connectivity index (χ4v) is 1.78. The smallest absolute Gasteiger partial charge is 0.217 e. The lowest BCUT2D eigenvalue weighted by Gasteiger charge is -1.96. The number of carbonyl (C=O) groups excluding carboxylic acids is 1. The summed E-state index contributed by atoms with van der Waals surface area (Å²) in [5.41, 5.74) is 0. The zero-order chi connectivity index (χ0) is 11.1. The molecular weight excluding hydrogens is 210 g/mol. The maximum Gasteiger partial charge on any atom is 0.217 e. The summed E-state index contributed by atoms with van der Waals surface area (Å²) in [5.74, 6) is 5.77. The Labute approximate surface area is 93.1 Å². The molecule has 1 amide bonds.